The van der Waals surface area contributed by atoms with Gasteiger partial charge in [0.2, 0.25) is 0 Å². The van der Waals surface area contributed by atoms with Crippen molar-refractivity contribution < 1.29 is 9.50 Å². The average Bonchev–Trinajstić information content (AvgIpc) is 2.40. The van der Waals surface area contributed by atoms with Crippen LogP contribution < -0.4 is 0 Å². The fraction of sp³-hybridized carbons (Fsp3) is 0.647. The molecule has 2 bridgehead atoms. The normalized spacial score (nSPS) is 34.5. The number of benzene rings is 1. The Labute approximate surface area is 114 Å². The van der Waals surface area contributed by atoms with E-state index in [1.54, 1.807) is 12.1 Å². The quantitative estimate of drug-likeness (QED) is 0.847. The van der Waals surface area contributed by atoms with Crippen LogP contribution >= 0.6 is 0 Å². The zero-order valence-electron chi connectivity index (χ0n) is 11.9. The molecule has 1 nitrogen and oxygen atoms in total. The first kappa shape index (κ1) is 13.1. The van der Waals surface area contributed by atoms with Gasteiger partial charge in [0.1, 0.15) is 5.82 Å². The van der Waals surface area contributed by atoms with E-state index in [2.05, 4.69) is 0 Å². The highest BCUT2D eigenvalue weighted by atomic mass is 19.1. The molecule has 2 heteroatoms. The van der Waals surface area contributed by atoms with E-state index in [9.17, 15) is 9.50 Å². The van der Waals surface area contributed by atoms with Crippen LogP contribution in [0, 0.1) is 11.2 Å². The largest absolute Gasteiger partial charge is 0.390 e. The molecule has 3 aliphatic carbocycles. The fourth-order valence-corrected chi connectivity index (χ4v) is 4.34. The van der Waals surface area contributed by atoms with Crippen LogP contribution in [0.25, 0.3) is 0 Å². The van der Waals surface area contributed by atoms with Crippen LogP contribution in [0.15, 0.2) is 24.3 Å². The third kappa shape index (κ3) is 1.92. The lowest BCUT2D eigenvalue weighted by Gasteiger charge is -2.58. The summed E-state index contributed by atoms with van der Waals surface area (Å²) in [5, 5.41) is 10.5. The average molecular weight is 262 g/mol. The first-order valence-electron chi connectivity index (χ1n) is 7.36. The van der Waals surface area contributed by atoms with Crippen molar-refractivity contribution in [2.45, 2.75) is 63.4 Å². The van der Waals surface area contributed by atoms with Crippen molar-refractivity contribution in [3.8, 4) is 0 Å². The van der Waals surface area contributed by atoms with Crippen molar-refractivity contribution in [3.05, 3.63) is 35.6 Å². The second kappa shape index (κ2) is 4.05. The summed E-state index contributed by atoms with van der Waals surface area (Å²) in [5.41, 5.74) is 1.05. The summed E-state index contributed by atoms with van der Waals surface area (Å²) in [5.74, 6) is -0.155. The van der Waals surface area contributed by atoms with Gasteiger partial charge >= 0.3 is 0 Å². The van der Waals surface area contributed by atoms with Crippen molar-refractivity contribution in [2.75, 3.05) is 0 Å². The molecule has 0 amide bonds. The Hall–Kier alpha value is -0.890. The molecule has 0 saturated heterocycles. The van der Waals surface area contributed by atoms with Crippen molar-refractivity contribution in [3.63, 3.8) is 0 Å². The van der Waals surface area contributed by atoms with Gasteiger partial charge in [0.05, 0.1) is 5.60 Å². The van der Waals surface area contributed by atoms with E-state index in [0.717, 1.165) is 38.5 Å². The standard InChI is InChI=1S/C17H23FO/c1-15(2,19)17-10-7-16(8-11-17,9-12-17)13-3-5-14(18)6-4-13/h3-6,19H,7-12H2,1-2H3. The van der Waals surface area contributed by atoms with E-state index in [1.807, 2.05) is 26.0 Å². The number of hydrogen-bond donors (Lipinski definition) is 1. The molecule has 1 aromatic carbocycles. The van der Waals surface area contributed by atoms with E-state index < -0.39 is 5.60 Å². The minimum Gasteiger partial charge on any atom is -0.390 e. The molecular formula is C17H23FO. The van der Waals surface area contributed by atoms with Gasteiger partial charge in [-0.05, 0) is 80.9 Å². The van der Waals surface area contributed by atoms with Crippen LogP contribution in [0.5, 0.6) is 0 Å². The minimum atomic E-state index is -0.581. The second-order valence-electron chi connectivity index (χ2n) is 7.13. The van der Waals surface area contributed by atoms with Crippen molar-refractivity contribution in [1.82, 2.24) is 0 Å². The highest BCUT2D eigenvalue weighted by molar-refractivity contribution is 5.29. The van der Waals surface area contributed by atoms with Gasteiger partial charge in [-0.3, -0.25) is 0 Å². The number of rotatable bonds is 2. The zero-order valence-corrected chi connectivity index (χ0v) is 11.9. The molecule has 3 aliphatic rings. The van der Waals surface area contributed by atoms with Gasteiger partial charge in [-0.25, -0.2) is 4.39 Å². The Morgan fingerprint density at radius 1 is 0.947 bits per heavy atom. The van der Waals surface area contributed by atoms with Crippen molar-refractivity contribution in [2.24, 2.45) is 5.41 Å². The lowest BCUT2D eigenvalue weighted by molar-refractivity contribution is -0.120. The van der Waals surface area contributed by atoms with Crippen LogP contribution in [0.4, 0.5) is 4.39 Å². The Bertz CT molecular complexity index is 445. The predicted octanol–water partition coefficient (Wildman–Crippen LogP) is 4.19. The molecule has 4 rings (SSSR count). The van der Waals surface area contributed by atoms with E-state index in [4.69, 9.17) is 0 Å². The van der Waals surface area contributed by atoms with Gasteiger partial charge in [0, 0.05) is 0 Å². The lowest BCUT2D eigenvalue weighted by atomic mass is 9.48. The number of hydrogen-bond acceptors (Lipinski definition) is 1. The molecule has 1 aromatic rings. The van der Waals surface area contributed by atoms with Gasteiger partial charge in [0.15, 0.2) is 0 Å². The fourth-order valence-electron chi connectivity index (χ4n) is 4.34. The molecule has 0 aliphatic heterocycles. The smallest absolute Gasteiger partial charge is 0.123 e. The van der Waals surface area contributed by atoms with E-state index in [1.165, 1.54) is 5.56 Å². The van der Waals surface area contributed by atoms with Crippen LogP contribution in [-0.4, -0.2) is 10.7 Å². The molecule has 104 valence electrons. The van der Waals surface area contributed by atoms with Gasteiger partial charge in [-0.1, -0.05) is 12.1 Å². The Morgan fingerprint density at radius 2 is 1.42 bits per heavy atom. The van der Waals surface area contributed by atoms with E-state index >= 15 is 0 Å². The predicted molar refractivity (Wildman–Crippen MR) is 74.5 cm³/mol. The maximum absolute atomic E-state index is 13.1. The SMILES string of the molecule is CC(C)(O)C12CCC(c3ccc(F)cc3)(CC1)CC2. The van der Waals surface area contributed by atoms with Crippen molar-refractivity contribution in [1.29, 1.82) is 0 Å². The number of fused-ring (bicyclic) bond motifs is 3. The summed E-state index contributed by atoms with van der Waals surface area (Å²) in [6, 6.07) is 7.07. The maximum atomic E-state index is 13.1. The molecule has 3 saturated carbocycles. The molecule has 0 atom stereocenters. The summed E-state index contributed by atoms with van der Waals surface area (Å²) < 4.78 is 13.1. The highest BCUT2D eigenvalue weighted by Gasteiger charge is 2.54. The van der Waals surface area contributed by atoms with Gasteiger partial charge < -0.3 is 5.11 Å². The zero-order chi connectivity index (χ0) is 13.7. The van der Waals surface area contributed by atoms with Crippen LogP contribution in [0.2, 0.25) is 0 Å². The summed E-state index contributed by atoms with van der Waals surface area (Å²) in [6.07, 6.45) is 6.66. The summed E-state index contributed by atoms with van der Waals surface area (Å²) in [4.78, 5) is 0. The molecular weight excluding hydrogens is 239 g/mol. The van der Waals surface area contributed by atoms with Crippen LogP contribution in [-0.2, 0) is 5.41 Å². The lowest BCUT2D eigenvalue weighted by Crippen LogP contribution is -2.53. The van der Waals surface area contributed by atoms with Crippen molar-refractivity contribution >= 4 is 0 Å². The number of halogens is 1. The third-order valence-electron chi connectivity index (χ3n) is 6.00. The molecule has 0 unspecified atom stereocenters. The van der Waals surface area contributed by atoms with Gasteiger partial charge in [0.25, 0.3) is 0 Å². The second-order valence-corrected chi connectivity index (χ2v) is 7.13. The molecule has 1 N–H and O–H groups in total. The van der Waals surface area contributed by atoms with Gasteiger partial charge in [-0.2, -0.15) is 0 Å². The molecule has 0 aromatic heterocycles. The third-order valence-corrected chi connectivity index (χ3v) is 6.00. The molecule has 3 fully saturated rings. The first-order chi connectivity index (χ1) is 8.87. The molecule has 0 spiro atoms. The van der Waals surface area contributed by atoms with E-state index in [-0.39, 0.29) is 16.6 Å². The number of aliphatic hydroxyl groups is 1. The topological polar surface area (TPSA) is 20.2 Å². The highest BCUT2D eigenvalue weighted by Crippen LogP contribution is 2.61. The van der Waals surface area contributed by atoms with Crippen LogP contribution in [0.1, 0.15) is 57.9 Å². The molecule has 19 heavy (non-hydrogen) atoms. The Balaban J connectivity index is 1.87. The maximum Gasteiger partial charge on any atom is 0.123 e. The summed E-state index contributed by atoms with van der Waals surface area (Å²) in [7, 11) is 0. The monoisotopic (exact) mass is 262 g/mol. The minimum absolute atomic E-state index is 0.106. The first-order valence-corrected chi connectivity index (χ1v) is 7.36. The summed E-state index contributed by atoms with van der Waals surface area (Å²) >= 11 is 0. The molecule has 0 radical (unpaired) electrons. The van der Waals surface area contributed by atoms with Crippen LogP contribution in [0.3, 0.4) is 0 Å². The van der Waals surface area contributed by atoms with E-state index in [0.29, 0.717) is 0 Å². The summed E-state index contributed by atoms with van der Waals surface area (Å²) in [6.45, 7) is 3.92. The van der Waals surface area contributed by atoms with Gasteiger partial charge in [-0.15, -0.1) is 0 Å². The Morgan fingerprint density at radius 3 is 1.84 bits per heavy atom. The Kier molecular flexibility index (Phi) is 2.79. The molecule has 0 heterocycles.